The number of ether oxygens (including phenoxy) is 25. The number of hydrogen-bond donors (Lipinski definition) is 1. The van der Waals surface area contributed by atoms with Crippen LogP contribution in [0.2, 0.25) is 0 Å². The second-order valence-corrected chi connectivity index (χ2v) is 22.7. The molecule has 0 saturated carbocycles. The molecule has 0 aliphatic heterocycles. The van der Waals surface area contributed by atoms with Crippen molar-refractivity contribution in [2.75, 3.05) is 277 Å². The maximum atomic E-state index is 11.5. The molecule has 0 spiro atoms. The third-order valence-electron chi connectivity index (χ3n) is 11.8. The van der Waals surface area contributed by atoms with Crippen LogP contribution in [-0.2, 0) is 116 Å². The lowest BCUT2D eigenvalue weighted by molar-refractivity contribution is -0.161. The maximum absolute atomic E-state index is 11.5. The highest BCUT2D eigenvalue weighted by Gasteiger charge is 2.17. The number of aliphatic hydroxyl groups excluding tert-OH is 1. The molecule has 99 heavy (non-hydrogen) atoms. The zero-order chi connectivity index (χ0) is 71.3. The van der Waals surface area contributed by atoms with E-state index in [1.807, 2.05) is 120 Å². The molecule has 28 nitrogen and oxygen atoms in total. The third kappa shape index (κ3) is 64.8. The first kappa shape index (κ1) is 90.1. The highest BCUT2D eigenvalue weighted by molar-refractivity contribution is 5.71. The Morgan fingerprint density at radius 3 is 0.657 bits per heavy atom. The van der Waals surface area contributed by atoms with Gasteiger partial charge in [0.05, 0.1) is 244 Å². The van der Waals surface area contributed by atoms with Crippen LogP contribution in [-0.4, -0.2) is 306 Å². The van der Waals surface area contributed by atoms with Gasteiger partial charge in [0.15, 0.2) is 0 Å². The largest absolute Gasteiger partial charge is 0.491 e. The van der Waals surface area contributed by atoms with E-state index in [4.69, 9.17) is 124 Å². The van der Waals surface area contributed by atoms with Crippen LogP contribution in [0.1, 0.15) is 47.1 Å². The van der Waals surface area contributed by atoms with Crippen LogP contribution in [0, 0.1) is 0 Å². The summed E-state index contributed by atoms with van der Waals surface area (Å²) < 4.78 is 136. The van der Waals surface area contributed by atoms with Crippen LogP contribution in [0.5, 0.6) is 23.0 Å². The first-order valence-electron chi connectivity index (χ1n) is 34.1. The minimum Gasteiger partial charge on any atom is -0.491 e. The Bertz CT molecular complexity index is 2210. The molecule has 0 atom stereocenters. The molecule has 0 fully saturated rings. The second kappa shape index (κ2) is 66.3. The number of hydrogen-bond acceptors (Lipinski definition) is 28. The molecule has 3 rings (SSSR count). The van der Waals surface area contributed by atoms with E-state index in [-0.39, 0.29) is 25.8 Å². The molecule has 3 aromatic carbocycles. The predicted molar refractivity (Wildman–Crippen MR) is 364 cm³/mol. The first-order valence-corrected chi connectivity index (χ1v) is 34.1. The topological polar surface area (TPSA) is 285 Å². The number of carbonyl (C=O) groups is 2. The molecule has 0 unspecified atom stereocenters. The van der Waals surface area contributed by atoms with Gasteiger partial charge in [0.1, 0.15) is 73.8 Å². The summed E-state index contributed by atoms with van der Waals surface area (Å²) in [4.78, 5) is 23.0. The van der Waals surface area contributed by atoms with Gasteiger partial charge in [-0.25, -0.2) is 9.59 Å². The maximum Gasteiger partial charge on any atom is 0.332 e. The van der Waals surface area contributed by atoms with Crippen molar-refractivity contribution < 1.29 is 133 Å². The van der Waals surface area contributed by atoms with E-state index in [1.165, 1.54) is 0 Å². The molecular weight excluding hydrogens is 1300 g/mol. The Morgan fingerprint density at radius 2 is 0.444 bits per heavy atom. The Kier molecular flexibility index (Phi) is 60.3. The van der Waals surface area contributed by atoms with Gasteiger partial charge in [-0.05, 0) is 95.6 Å². The highest BCUT2D eigenvalue weighted by Crippen LogP contribution is 2.19. The van der Waals surface area contributed by atoms with E-state index in [2.05, 4.69) is 0 Å². The predicted octanol–water partition coefficient (Wildman–Crippen LogP) is 6.08. The Balaban J connectivity index is 0.000000681. The zero-order valence-corrected chi connectivity index (χ0v) is 59.9. The number of benzene rings is 3. The summed E-state index contributed by atoms with van der Waals surface area (Å²) in [5, 5.41) is 8.59. The van der Waals surface area contributed by atoms with E-state index < -0.39 is 17.2 Å². The quantitative estimate of drug-likeness (QED) is 0.0495. The first-order chi connectivity index (χ1) is 48.3. The summed E-state index contributed by atoms with van der Waals surface area (Å²) in [6.45, 7) is 29.1. The van der Waals surface area contributed by atoms with Gasteiger partial charge in [-0.1, -0.05) is 30.3 Å². The molecule has 0 radical (unpaired) electrons. The molecule has 0 amide bonds. The summed E-state index contributed by atoms with van der Waals surface area (Å²) in [6.07, 6.45) is 0. The normalized spacial score (nSPS) is 11.5. The highest BCUT2D eigenvalue weighted by atomic mass is 16.6. The van der Waals surface area contributed by atoms with Crippen molar-refractivity contribution in [1.82, 2.24) is 0 Å². The molecule has 0 heterocycles. The monoisotopic (exact) mass is 1420 g/mol. The van der Waals surface area contributed by atoms with Crippen LogP contribution in [0.4, 0.5) is 0 Å². The van der Waals surface area contributed by atoms with E-state index in [0.29, 0.717) is 264 Å². The van der Waals surface area contributed by atoms with Crippen LogP contribution >= 0.6 is 0 Å². The van der Waals surface area contributed by atoms with Gasteiger partial charge in [-0.15, -0.1) is 0 Å². The molecule has 0 aliphatic carbocycles. The van der Waals surface area contributed by atoms with Crippen LogP contribution in [0.15, 0.2) is 78.9 Å². The summed E-state index contributed by atoms with van der Waals surface area (Å²) in [7, 11) is 0. The van der Waals surface area contributed by atoms with Crippen molar-refractivity contribution in [3.8, 4) is 23.0 Å². The lowest BCUT2D eigenvalue weighted by Crippen LogP contribution is -2.27. The van der Waals surface area contributed by atoms with E-state index in [1.54, 1.807) is 0 Å². The zero-order valence-electron chi connectivity index (χ0n) is 59.9. The van der Waals surface area contributed by atoms with Gasteiger partial charge < -0.3 is 124 Å². The van der Waals surface area contributed by atoms with Gasteiger partial charge in [0, 0.05) is 0 Å². The molecule has 570 valence electrons. The Morgan fingerprint density at radius 1 is 0.253 bits per heavy atom. The lowest BCUT2D eigenvalue weighted by atomic mass is 10.2. The minimum absolute atomic E-state index is 0.0183. The fraction of sp³-hybridized carbons (Fsp3) is 0.718. The number of aliphatic hydroxyl groups is 1. The number of esters is 2. The smallest absolute Gasteiger partial charge is 0.332 e. The fourth-order valence-electron chi connectivity index (χ4n) is 7.42. The van der Waals surface area contributed by atoms with Gasteiger partial charge in [-0.3, -0.25) is 0 Å². The molecule has 1 N–H and O–H groups in total. The molecule has 0 bridgehead atoms. The lowest BCUT2D eigenvalue weighted by Gasteiger charge is -2.19. The van der Waals surface area contributed by atoms with Crippen molar-refractivity contribution in [3.63, 3.8) is 0 Å². The molecule has 3 aromatic rings. The van der Waals surface area contributed by atoms with Gasteiger partial charge in [0.2, 0.25) is 0 Å². The third-order valence-corrected chi connectivity index (χ3v) is 11.8. The van der Waals surface area contributed by atoms with Crippen molar-refractivity contribution >= 4 is 11.9 Å². The molecule has 28 heteroatoms. The van der Waals surface area contributed by atoms with Gasteiger partial charge in [0.25, 0.3) is 0 Å². The van der Waals surface area contributed by atoms with Crippen molar-refractivity contribution in [1.29, 1.82) is 0 Å². The number of carbonyl (C=O) groups excluding carboxylic acids is 2. The minimum atomic E-state index is -0.516. The van der Waals surface area contributed by atoms with Gasteiger partial charge >= 0.3 is 11.9 Å². The van der Waals surface area contributed by atoms with Crippen molar-refractivity contribution in [2.45, 2.75) is 59.4 Å². The molecule has 0 aliphatic rings. The summed E-state index contributed by atoms with van der Waals surface area (Å²) in [5.74, 6) is 2.17. The van der Waals surface area contributed by atoms with Crippen molar-refractivity contribution in [2.24, 2.45) is 0 Å². The van der Waals surface area contributed by atoms with Crippen LogP contribution in [0.3, 0.4) is 0 Å². The van der Waals surface area contributed by atoms with Crippen LogP contribution in [0.25, 0.3) is 0 Å². The average Bonchev–Trinajstić information content (AvgIpc) is 1.65. The number of rotatable bonds is 69. The van der Waals surface area contributed by atoms with Gasteiger partial charge in [-0.2, -0.15) is 0 Å². The van der Waals surface area contributed by atoms with E-state index in [9.17, 15) is 9.59 Å². The Hall–Kier alpha value is -5.00. The second-order valence-electron chi connectivity index (χ2n) is 22.7. The fourth-order valence-corrected chi connectivity index (χ4v) is 7.42. The summed E-state index contributed by atoms with van der Waals surface area (Å²) in [5.41, 5.74) is 0.123. The standard InChI is InChI=1S/C39H62O14.C32H56O14/c1-39(2,3)53-38(40)34-50-28-26-46-20-18-42-14-16-44-22-24-48-30-32-52-37-11-9-36(10-12-37)51-31-29-47-23-21-43-15-13-41-17-19-45-25-27-49-33-35-7-5-4-6-8-35;1-32(2,3)46-31(34)28-43-23-22-40-17-16-37-14-15-39-19-21-42-25-27-45-30-6-4-29(5-7-30)44-26-24-41-20-18-38-13-12-36-11-10-35-9-8-33/h4-12H,13-34H2,1-3H3;4-7,33H,8-28H2,1-3H3. The molecule has 0 aromatic heterocycles. The van der Waals surface area contributed by atoms with Crippen LogP contribution < -0.4 is 18.9 Å². The Labute approximate surface area is 587 Å². The average molecular weight is 1420 g/mol. The molecular formula is C71H118O28. The van der Waals surface area contributed by atoms with E-state index in [0.717, 1.165) is 28.6 Å². The van der Waals surface area contributed by atoms with E-state index >= 15 is 0 Å². The SMILES string of the molecule is CC(C)(C)OC(=O)COCCOCCOCCOCCOCCOc1ccc(OCCOCCOCCOCCOCCO)cc1.CC(C)(C)OC(=O)COCCOCCOCCOCCOCCOc1ccc(OCCOCCOCCOCCOCCOCc2ccccc2)cc1. The van der Waals surface area contributed by atoms with Crippen molar-refractivity contribution in [3.05, 3.63) is 84.4 Å². The molecule has 0 saturated heterocycles. The summed E-state index contributed by atoms with van der Waals surface area (Å²) >= 11 is 0. The summed E-state index contributed by atoms with van der Waals surface area (Å²) in [6, 6.07) is 24.9.